The molecule has 6 heteroatoms. The molecule has 12 rings (SSSR count). The van der Waals surface area contributed by atoms with Gasteiger partial charge in [-0.15, -0.1) is 22.7 Å². The second-order valence-corrected chi connectivity index (χ2v) is 19.2. The second kappa shape index (κ2) is 16.2. The van der Waals surface area contributed by atoms with Gasteiger partial charge in [0.2, 0.25) is 0 Å². The maximum Gasteiger partial charge on any atom is 0.0804 e. The highest BCUT2D eigenvalue weighted by Gasteiger charge is 2.25. The van der Waals surface area contributed by atoms with Crippen LogP contribution >= 0.6 is 22.7 Å². The number of hydrogen-bond acceptors (Lipinski definition) is 4. The van der Waals surface area contributed by atoms with E-state index in [9.17, 15) is 0 Å². The van der Waals surface area contributed by atoms with Crippen LogP contribution in [0.2, 0.25) is 0 Å². The highest BCUT2D eigenvalue weighted by Crippen LogP contribution is 2.46. The molecule has 66 heavy (non-hydrogen) atoms. The van der Waals surface area contributed by atoms with E-state index in [1.54, 1.807) is 0 Å². The third kappa shape index (κ3) is 6.46. The van der Waals surface area contributed by atoms with Crippen LogP contribution in [0.3, 0.4) is 0 Å². The van der Waals surface area contributed by atoms with Crippen LogP contribution in [0.1, 0.15) is 36.1 Å². The number of nitrogens with zero attached hydrogens (tertiary/aromatic N) is 4. The molecule has 0 aliphatic rings. The van der Waals surface area contributed by atoms with Crippen molar-refractivity contribution in [3.63, 3.8) is 0 Å². The first kappa shape index (κ1) is 40.2. The molecule has 0 radical (unpaired) electrons. The summed E-state index contributed by atoms with van der Waals surface area (Å²) in [7, 11) is 0. The molecular weight excluding hydrogens is 841 g/mol. The average molecular weight is 889 g/mol. The Bertz CT molecular complexity index is 3600. The zero-order valence-electron chi connectivity index (χ0n) is 37.5. The number of benzene rings is 8. The average Bonchev–Trinajstić information content (AvgIpc) is 4.16. The lowest BCUT2D eigenvalue weighted by Crippen LogP contribution is -2.13. The molecule has 0 aliphatic carbocycles. The van der Waals surface area contributed by atoms with Crippen molar-refractivity contribution in [1.82, 2.24) is 9.13 Å². The molecule has 0 bridgehead atoms. The number of hydrogen-bond donors (Lipinski definition) is 0. The fourth-order valence-corrected chi connectivity index (χ4v) is 11.9. The van der Waals surface area contributed by atoms with E-state index in [4.69, 9.17) is 0 Å². The third-order valence-electron chi connectivity index (χ3n) is 13.4. The number of thiophene rings is 2. The van der Waals surface area contributed by atoms with Crippen LogP contribution in [-0.4, -0.2) is 9.13 Å². The minimum Gasteiger partial charge on any atom is -0.310 e. The topological polar surface area (TPSA) is 16.3 Å². The second-order valence-electron chi connectivity index (χ2n) is 17.3. The first-order chi connectivity index (χ1) is 32.5. The summed E-state index contributed by atoms with van der Waals surface area (Å²) in [5.74, 6) is 0. The van der Waals surface area contributed by atoms with Crippen molar-refractivity contribution in [3.8, 4) is 11.4 Å². The van der Waals surface area contributed by atoms with Gasteiger partial charge in [0.15, 0.2) is 0 Å². The fraction of sp³-hybridized carbons (Fsp3) is 0.100. The number of aromatic nitrogens is 2. The first-order valence-corrected chi connectivity index (χ1v) is 24.7. The highest BCUT2D eigenvalue weighted by molar-refractivity contribution is 7.17. The van der Waals surface area contributed by atoms with E-state index in [-0.39, 0.29) is 0 Å². The summed E-state index contributed by atoms with van der Waals surface area (Å²) in [6.07, 6.45) is 1.90. The Morgan fingerprint density at radius 3 is 1.48 bits per heavy atom. The van der Waals surface area contributed by atoms with Crippen molar-refractivity contribution in [3.05, 3.63) is 215 Å². The van der Waals surface area contributed by atoms with Crippen LogP contribution in [0, 0.1) is 13.8 Å². The Morgan fingerprint density at radius 1 is 0.424 bits per heavy atom. The molecule has 8 aromatic carbocycles. The molecule has 0 fully saturated rings. The van der Waals surface area contributed by atoms with Gasteiger partial charge >= 0.3 is 0 Å². The standard InChI is InChI=1S/C60H48N4S2/c1-5-41-17-11-13-22-53(41)62(52-21-12-10-15-39(52)3)47-25-29-49(30-26-47)64-55-36-44-32-34-66-57(44)38-51(55)59-60(64)50-37-56-43(31-33-65-56)35-54(50)63(59)48-27-23-46(24-28-48)61(45-19-8-7-9-20-45)58-40(4)16-14-18-42(58)6-2/h7-38H,5-6H2,1-4H3. The van der Waals surface area contributed by atoms with Gasteiger partial charge in [0.25, 0.3) is 0 Å². The van der Waals surface area contributed by atoms with E-state index >= 15 is 0 Å². The summed E-state index contributed by atoms with van der Waals surface area (Å²) >= 11 is 3.62. The molecule has 0 saturated carbocycles. The Hall–Kier alpha value is -7.38. The summed E-state index contributed by atoms with van der Waals surface area (Å²) in [4.78, 5) is 4.86. The van der Waals surface area contributed by atoms with E-state index < -0.39 is 0 Å². The van der Waals surface area contributed by atoms with Gasteiger partial charge in [-0.1, -0.05) is 86.6 Å². The van der Waals surface area contributed by atoms with Crippen molar-refractivity contribution in [2.45, 2.75) is 40.5 Å². The number of anilines is 6. The molecule has 320 valence electrons. The molecule has 0 aliphatic heterocycles. The Kier molecular flexibility index (Phi) is 9.89. The van der Waals surface area contributed by atoms with Crippen LogP contribution < -0.4 is 9.80 Å². The minimum atomic E-state index is 0.948. The number of rotatable bonds is 10. The molecular formula is C60H48N4S2. The van der Waals surface area contributed by atoms with Gasteiger partial charge in [0.1, 0.15) is 0 Å². The predicted molar refractivity (Wildman–Crippen MR) is 286 cm³/mol. The molecule has 0 saturated heterocycles. The molecule has 4 aromatic heterocycles. The van der Waals surface area contributed by atoms with Gasteiger partial charge in [0, 0.05) is 60.0 Å². The van der Waals surface area contributed by atoms with Gasteiger partial charge in [-0.05, 0) is 180 Å². The monoisotopic (exact) mass is 888 g/mol. The Morgan fingerprint density at radius 2 is 0.909 bits per heavy atom. The lowest BCUT2D eigenvalue weighted by molar-refractivity contribution is 1.10. The normalized spacial score (nSPS) is 11.8. The van der Waals surface area contributed by atoms with Crippen molar-refractivity contribution < 1.29 is 0 Å². The van der Waals surface area contributed by atoms with Crippen LogP contribution in [0.15, 0.2) is 193 Å². The smallest absolute Gasteiger partial charge is 0.0804 e. The number of aryl methyl sites for hydroxylation is 4. The van der Waals surface area contributed by atoms with Gasteiger partial charge in [-0.3, -0.25) is 0 Å². The van der Waals surface area contributed by atoms with Gasteiger partial charge in [-0.25, -0.2) is 0 Å². The number of para-hydroxylation sites is 4. The van der Waals surface area contributed by atoms with E-state index in [0.717, 1.165) is 41.3 Å². The summed E-state index contributed by atoms with van der Waals surface area (Å²) < 4.78 is 7.63. The summed E-state index contributed by atoms with van der Waals surface area (Å²) in [5, 5.41) is 9.43. The Balaban J connectivity index is 1.09. The van der Waals surface area contributed by atoms with Crippen LogP contribution in [0.5, 0.6) is 0 Å². The Labute approximate surface area is 393 Å². The molecule has 4 nitrogen and oxygen atoms in total. The zero-order chi connectivity index (χ0) is 44.5. The van der Waals surface area contributed by atoms with Crippen molar-refractivity contribution in [2.24, 2.45) is 0 Å². The lowest BCUT2D eigenvalue weighted by atomic mass is 10.0. The van der Waals surface area contributed by atoms with E-state index in [1.807, 2.05) is 22.7 Å². The van der Waals surface area contributed by atoms with Gasteiger partial charge in [0.05, 0.1) is 27.8 Å². The highest BCUT2D eigenvalue weighted by atomic mass is 32.1. The van der Waals surface area contributed by atoms with Crippen molar-refractivity contribution >= 4 is 110 Å². The summed E-state index contributed by atoms with van der Waals surface area (Å²) in [5.41, 5.74) is 19.3. The summed E-state index contributed by atoms with van der Waals surface area (Å²) in [6.45, 7) is 8.93. The molecule has 0 amide bonds. The predicted octanol–water partition coefficient (Wildman–Crippen LogP) is 17.8. The molecule has 12 aromatic rings. The van der Waals surface area contributed by atoms with Crippen LogP contribution in [0.25, 0.3) is 64.4 Å². The largest absolute Gasteiger partial charge is 0.310 e. The molecule has 4 heterocycles. The molecule has 0 N–H and O–H groups in total. The van der Waals surface area contributed by atoms with Crippen LogP contribution in [0.4, 0.5) is 34.1 Å². The molecule has 0 spiro atoms. The zero-order valence-corrected chi connectivity index (χ0v) is 39.1. The minimum absolute atomic E-state index is 0.948. The maximum absolute atomic E-state index is 2.53. The fourth-order valence-electron chi connectivity index (χ4n) is 10.3. The maximum atomic E-state index is 2.53. The van der Waals surface area contributed by atoms with Crippen LogP contribution in [-0.2, 0) is 12.8 Å². The molecule has 0 atom stereocenters. The quantitative estimate of drug-likeness (QED) is 0.136. The van der Waals surface area contributed by atoms with E-state index in [2.05, 4.69) is 239 Å². The molecule has 0 unspecified atom stereocenters. The van der Waals surface area contributed by atoms with E-state index in [1.165, 1.54) is 92.3 Å². The van der Waals surface area contributed by atoms with Gasteiger partial charge in [-0.2, -0.15) is 0 Å². The van der Waals surface area contributed by atoms with Crippen molar-refractivity contribution in [1.29, 1.82) is 0 Å². The lowest BCUT2D eigenvalue weighted by Gasteiger charge is -2.29. The SMILES string of the molecule is CCc1ccccc1N(c1ccc(-n2c3cc4ccsc4cc3c3c2c2cc4sccc4cc2n3-c2ccc(N(c3ccccc3)c3c(C)cccc3CC)cc2)cc1)c1ccccc1C. The first-order valence-electron chi connectivity index (χ1n) is 22.9. The van der Waals surface area contributed by atoms with Crippen molar-refractivity contribution in [2.75, 3.05) is 9.80 Å². The summed E-state index contributed by atoms with van der Waals surface area (Å²) in [6, 6.07) is 67.7. The van der Waals surface area contributed by atoms with E-state index in [0.29, 0.717) is 0 Å². The van der Waals surface area contributed by atoms with Gasteiger partial charge < -0.3 is 18.9 Å². The number of fused-ring (bicyclic) bond motifs is 7. The third-order valence-corrected chi connectivity index (χ3v) is 15.2.